The number of nitrogens with one attached hydrogen (secondary N) is 1. The van der Waals surface area contributed by atoms with Crippen molar-refractivity contribution in [3.63, 3.8) is 0 Å². The third-order valence-electron chi connectivity index (χ3n) is 2.81. The lowest BCUT2D eigenvalue weighted by Gasteiger charge is -2.11. The zero-order chi connectivity index (χ0) is 14.0. The molecule has 0 bridgehead atoms. The second kappa shape index (κ2) is 5.28. The molecule has 0 aliphatic heterocycles. The Morgan fingerprint density at radius 3 is 2.68 bits per heavy atom. The van der Waals surface area contributed by atoms with Gasteiger partial charge in [-0.15, -0.1) is 0 Å². The summed E-state index contributed by atoms with van der Waals surface area (Å²) in [6, 6.07) is 9.27. The third-order valence-corrected chi connectivity index (χ3v) is 3.22. The molecule has 19 heavy (non-hydrogen) atoms. The molecule has 0 unspecified atom stereocenters. The Morgan fingerprint density at radius 2 is 1.95 bits per heavy atom. The van der Waals surface area contributed by atoms with Gasteiger partial charge in [-0.3, -0.25) is 4.79 Å². The first kappa shape index (κ1) is 13.4. The monoisotopic (exact) mass is 278 g/mol. The van der Waals surface area contributed by atoms with Gasteiger partial charge in [-0.2, -0.15) is 0 Å². The molecule has 0 fully saturated rings. The summed E-state index contributed by atoms with van der Waals surface area (Å²) in [4.78, 5) is 12.0. The molecule has 3 N–H and O–H groups in total. The maximum atomic E-state index is 13.3. The highest BCUT2D eigenvalue weighted by atomic mass is 35.5. The van der Waals surface area contributed by atoms with Crippen LogP contribution in [-0.4, -0.2) is 5.91 Å². The highest BCUT2D eigenvalue weighted by Gasteiger charge is 2.14. The molecule has 0 spiro atoms. The summed E-state index contributed by atoms with van der Waals surface area (Å²) in [5, 5.41) is 3.21. The van der Waals surface area contributed by atoms with E-state index in [1.807, 2.05) is 0 Å². The van der Waals surface area contributed by atoms with Crippen molar-refractivity contribution in [1.29, 1.82) is 0 Å². The van der Waals surface area contributed by atoms with E-state index in [0.29, 0.717) is 10.7 Å². The third kappa shape index (κ3) is 2.69. The van der Waals surface area contributed by atoms with Crippen molar-refractivity contribution in [3.8, 4) is 0 Å². The van der Waals surface area contributed by atoms with Crippen LogP contribution in [0.2, 0.25) is 5.02 Å². The van der Waals surface area contributed by atoms with E-state index in [1.54, 1.807) is 25.1 Å². The average Bonchev–Trinajstić information content (AvgIpc) is 2.38. The summed E-state index contributed by atoms with van der Waals surface area (Å²) in [5.41, 5.74) is 6.79. The minimum absolute atomic E-state index is 0.0966. The second-order valence-corrected chi connectivity index (χ2v) is 4.47. The fourth-order valence-electron chi connectivity index (χ4n) is 1.67. The molecule has 2 aromatic carbocycles. The summed E-state index contributed by atoms with van der Waals surface area (Å²) < 4.78 is 13.3. The van der Waals surface area contributed by atoms with Gasteiger partial charge in [0.15, 0.2) is 0 Å². The summed E-state index contributed by atoms with van der Waals surface area (Å²) in [5.74, 6) is -1.09. The number of carbonyl (C=O) groups excluding carboxylic acids is 1. The van der Waals surface area contributed by atoms with Gasteiger partial charge in [0, 0.05) is 10.7 Å². The van der Waals surface area contributed by atoms with Crippen LogP contribution in [0.5, 0.6) is 0 Å². The van der Waals surface area contributed by atoms with Crippen LogP contribution in [0, 0.1) is 12.7 Å². The van der Waals surface area contributed by atoms with E-state index in [-0.39, 0.29) is 11.3 Å². The summed E-state index contributed by atoms with van der Waals surface area (Å²) in [6.07, 6.45) is 0. The molecule has 0 aliphatic rings. The van der Waals surface area contributed by atoms with Crippen molar-refractivity contribution in [1.82, 2.24) is 0 Å². The van der Waals surface area contributed by atoms with Crippen LogP contribution in [0.15, 0.2) is 36.4 Å². The highest BCUT2D eigenvalue weighted by Crippen LogP contribution is 2.24. The number of rotatable bonds is 2. The predicted molar refractivity (Wildman–Crippen MR) is 75.0 cm³/mol. The number of carbonyl (C=O) groups is 1. The molecule has 0 saturated carbocycles. The van der Waals surface area contributed by atoms with E-state index >= 15 is 0 Å². The van der Waals surface area contributed by atoms with Crippen LogP contribution in [0.25, 0.3) is 0 Å². The lowest BCUT2D eigenvalue weighted by Crippen LogP contribution is -2.15. The summed E-state index contributed by atoms with van der Waals surface area (Å²) in [6.45, 7) is 1.78. The smallest absolute Gasteiger partial charge is 0.257 e. The molecule has 1 amide bonds. The van der Waals surface area contributed by atoms with E-state index in [1.165, 1.54) is 18.2 Å². The molecule has 0 radical (unpaired) electrons. The Morgan fingerprint density at radius 1 is 1.26 bits per heavy atom. The number of nitrogens with two attached hydrogens (primary N) is 1. The molecule has 2 aromatic rings. The van der Waals surface area contributed by atoms with Crippen LogP contribution < -0.4 is 11.1 Å². The van der Waals surface area contributed by atoms with E-state index in [4.69, 9.17) is 17.3 Å². The van der Waals surface area contributed by atoms with Gasteiger partial charge in [0.05, 0.1) is 11.3 Å². The number of amides is 1. The standard InChI is InChI=1S/C14H12ClFN2O/c1-8-10(15)5-3-7-12(8)18-14(19)9-4-2-6-11(16)13(9)17/h2-7H,17H2,1H3,(H,18,19). The molecular weight excluding hydrogens is 267 g/mol. The molecular formula is C14H12ClFN2O. The maximum Gasteiger partial charge on any atom is 0.257 e. The SMILES string of the molecule is Cc1c(Cl)cccc1NC(=O)c1cccc(F)c1N. The minimum Gasteiger partial charge on any atom is -0.396 e. The molecule has 98 valence electrons. The zero-order valence-electron chi connectivity index (χ0n) is 10.2. The largest absolute Gasteiger partial charge is 0.396 e. The lowest BCUT2D eigenvalue weighted by atomic mass is 10.1. The van der Waals surface area contributed by atoms with Crippen molar-refractivity contribution < 1.29 is 9.18 Å². The number of hydrogen-bond acceptors (Lipinski definition) is 2. The molecule has 0 aliphatic carbocycles. The molecule has 3 nitrogen and oxygen atoms in total. The van der Waals surface area contributed by atoms with Gasteiger partial charge in [0.25, 0.3) is 5.91 Å². The van der Waals surface area contributed by atoms with E-state index in [9.17, 15) is 9.18 Å². The van der Waals surface area contributed by atoms with Crippen molar-refractivity contribution in [2.75, 3.05) is 11.1 Å². The minimum atomic E-state index is -0.615. The number of hydrogen-bond donors (Lipinski definition) is 2. The van der Waals surface area contributed by atoms with E-state index < -0.39 is 11.7 Å². The van der Waals surface area contributed by atoms with Crippen LogP contribution in [0.3, 0.4) is 0 Å². The summed E-state index contributed by atoms with van der Waals surface area (Å²) in [7, 11) is 0. The number of benzene rings is 2. The van der Waals surface area contributed by atoms with Gasteiger partial charge in [-0.05, 0) is 36.8 Å². The van der Waals surface area contributed by atoms with Gasteiger partial charge >= 0.3 is 0 Å². The van der Waals surface area contributed by atoms with E-state index in [2.05, 4.69) is 5.32 Å². The van der Waals surface area contributed by atoms with Crippen LogP contribution in [-0.2, 0) is 0 Å². The molecule has 2 rings (SSSR count). The van der Waals surface area contributed by atoms with Crippen molar-refractivity contribution in [2.45, 2.75) is 6.92 Å². The fourth-order valence-corrected chi connectivity index (χ4v) is 1.84. The average molecular weight is 279 g/mol. The number of para-hydroxylation sites is 1. The van der Waals surface area contributed by atoms with Gasteiger partial charge in [-0.1, -0.05) is 23.7 Å². The van der Waals surface area contributed by atoms with Crippen molar-refractivity contribution >= 4 is 28.9 Å². The van der Waals surface area contributed by atoms with Gasteiger partial charge in [-0.25, -0.2) is 4.39 Å². The Bertz CT molecular complexity index is 643. The Hall–Kier alpha value is -2.07. The first-order valence-electron chi connectivity index (χ1n) is 5.61. The highest BCUT2D eigenvalue weighted by molar-refractivity contribution is 6.31. The Labute approximate surface area is 115 Å². The molecule has 0 atom stereocenters. The predicted octanol–water partition coefficient (Wildman–Crippen LogP) is 3.62. The fraction of sp³-hybridized carbons (Fsp3) is 0.0714. The normalized spacial score (nSPS) is 10.3. The Balaban J connectivity index is 2.31. The van der Waals surface area contributed by atoms with Gasteiger partial charge in [0.2, 0.25) is 0 Å². The zero-order valence-corrected chi connectivity index (χ0v) is 11.0. The molecule has 5 heteroatoms. The van der Waals surface area contributed by atoms with Gasteiger partial charge in [0.1, 0.15) is 5.82 Å². The molecule has 0 saturated heterocycles. The molecule has 0 heterocycles. The number of nitrogen functional groups attached to an aromatic ring is 1. The number of halogens is 2. The van der Waals surface area contributed by atoms with E-state index in [0.717, 1.165) is 5.56 Å². The maximum absolute atomic E-state index is 13.3. The Kier molecular flexibility index (Phi) is 3.71. The second-order valence-electron chi connectivity index (χ2n) is 4.07. The van der Waals surface area contributed by atoms with Crippen LogP contribution in [0.1, 0.15) is 15.9 Å². The topological polar surface area (TPSA) is 55.1 Å². The van der Waals surface area contributed by atoms with Crippen LogP contribution in [0.4, 0.5) is 15.8 Å². The van der Waals surface area contributed by atoms with Crippen LogP contribution >= 0.6 is 11.6 Å². The van der Waals surface area contributed by atoms with Crippen molar-refractivity contribution in [3.05, 3.63) is 58.4 Å². The molecule has 0 aromatic heterocycles. The summed E-state index contributed by atoms with van der Waals surface area (Å²) >= 11 is 5.96. The van der Waals surface area contributed by atoms with Crippen molar-refractivity contribution in [2.24, 2.45) is 0 Å². The lowest BCUT2D eigenvalue weighted by molar-refractivity contribution is 0.102. The quantitative estimate of drug-likeness (QED) is 0.824. The van der Waals surface area contributed by atoms with Gasteiger partial charge < -0.3 is 11.1 Å². The first-order chi connectivity index (χ1) is 9.00. The first-order valence-corrected chi connectivity index (χ1v) is 5.99. The number of anilines is 2.